The largest absolute Gasteiger partial charge is 0.350 e. The fraction of sp³-hybridized carbons (Fsp3) is 0.583. The third kappa shape index (κ3) is 1.82. The number of likely N-dealkylation sites (tertiary alicyclic amines) is 1. The first-order valence-corrected chi connectivity index (χ1v) is 6.57. The Kier molecular flexibility index (Phi) is 2.86. The summed E-state index contributed by atoms with van der Waals surface area (Å²) in [5.41, 5.74) is 0. The number of aromatic nitrogens is 2. The molecular formula is C12H15ClN4O. The quantitative estimate of drug-likeness (QED) is 0.770. The van der Waals surface area contributed by atoms with Gasteiger partial charge in [0.05, 0.1) is 12.1 Å². The van der Waals surface area contributed by atoms with Gasteiger partial charge in [-0.25, -0.2) is 0 Å². The molecule has 3 heterocycles. The van der Waals surface area contributed by atoms with Gasteiger partial charge in [-0.1, -0.05) is 11.6 Å². The van der Waals surface area contributed by atoms with Gasteiger partial charge in [0, 0.05) is 20.0 Å². The number of anilines is 1. The van der Waals surface area contributed by atoms with Gasteiger partial charge in [0.1, 0.15) is 0 Å². The number of carbonyl (C=O) groups is 1. The lowest BCUT2D eigenvalue weighted by molar-refractivity contribution is -0.129. The lowest BCUT2D eigenvalue weighted by Gasteiger charge is -2.25. The molecule has 0 saturated carbocycles. The number of rotatable bonds is 1. The van der Waals surface area contributed by atoms with Gasteiger partial charge in [0.25, 0.3) is 0 Å². The van der Waals surface area contributed by atoms with E-state index in [1.165, 1.54) is 0 Å². The Morgan fingerprint density at radius 1 is 1.28 bits per heavy atom. The third-order valence-corrected chi connectivity index (χ3v) is 4.09. The van der Waals surface area contributed by atoms with Gasteiger partial charge in [-0.3, -0.25) is 4.79 Å². The second-order valence-corrected chi connectivity index (χ2v) is 5.22. The fourth-order valence-corrected chi connectivity index (χ4v) is 3.22. The Bertz CT molecular complexity index is 464. The molecule has 1 amide bonds. The second kappa shape index (κ2) is 4.39. The minimum atomic E-state index is 0.173. The maximum absolute atomic E-state index is 11.5. The Morgan fingerprint density at radius 2 is 2.06 bits per heavy atom. The van der Waals surface area contributed by atoms with Crippen molar-refractivity contribution in [1.82, 2.24) is 15.1 Å². The summed E-state index contributed by atoms with van der Waals surface area (Å²) in [4.78, 5) is 15.8. The molecule has 2 saturated heterocycles. The van der Waals surface area contributed by atoms with Crippen LogP contribution in [0, 0.1) is 0 Å². The number of hydrogen-bond donors (Lipinski definition) is 0. The number of carbonyl (C=O) groups excluding carboxylic acids is 1. The zero-order valence-electron chi connectivity index (χ0n) is 10.2. The smallest absolute Gasteiger partial charge is 0.219 e. The SMILES string of the molecule is CC(=O)N1CC[C@H]2[C@@H]1CCN2c1ccc(Cl)nn1. The highest BCUT2D eigenvalue weighted by atomic mass is 35.5. The van der Waals surface area contributed by atoms with Crippen LogP contribution >= 0.6 is 11.6 Å². The van der Waals surface area contributed by atoms with Crippen LogP contribution in [0.15, 0.2) is 12.1 Å². The van der Waals surface area contributed by atoms with Crippen molar-refractivity contribution in [1.29, 1.82) is 0 Å². The Hall–Kier alpha value is -1.36. The van der Waals surface area contributed by atoms with Crippen LogP contribution in [-0.4, -0.2) is 46.2 Å². The molecule has 0 radical (unpaired) electrons. The van der Waals surface area contributed by atoms with Crippen LogP contribution in [0.5, 0.6) is 0 Å². The van der Waals surface area contributed by atoms with Gasteiger partial charge in [0.2, 0.25) is 5.91 Å². The summed E-state index contributed by atoms with van der Waals surface area (Å²) in [6, 6.07) is 4.37. The molecule has 1 aromatic rings. The van der Waals surface area contributed by atoms with Crippen LogP contribution in [0.25, 0.3) is 0 Å². The van der Waals surface area contributed by atoms with E-state index in [2.05, 4.69) is 15.1 Å². The maximum Gasteiger partial charge on any atom is 0.219 e. The number of fused-ring (bicyclic) bond motifs is 1. The van der Waals surface area contributed by atoms with Gasteiger partial charge in [-0.15, -0.1) is 10.2 Å². The monoisotopic (exact) mass is 266 g/mol. The average molecular weight is 267 g/mol. The summed E-state index contributed by atoms with van der Waals surface area (Å²) in [6.45, 7) is 3.42. The van der Waals surface area contributed by atoms with Crippen molar-refractivity contribution in [3.05, 3.63) is 17.3 Å². The van der Waals surface area contributed by atoms with Gasteiger partial charge in [-0.05, 0) is 25.0 Å². The summed E-state index contributed by atoms with van der Waals surface area (Å²) in [6.07, 6.45) is 2.02. The predicted octanol–water partition coefficient (Wildman–Crippen LogP) is 1.33. The second-order valence-electron chi connectivity index (χ2n) is 4.83. The van der Waals surface area contributed by atoms with E-state index < -0.39 is 0 Å². The summed E-state index contributed by atoms with van der Waals surface area (Å²) in [5.74, 6) is 1.03. The van der Waals surface area contributed by atoms with Crippen LogP contribution in [0.1, 0.15) is 19.8 Å². The van der Waals surface area contributed by atoms with E-state index in [0.717, 1.165) is 31.7 Å². The van der Waals surface area contributed by atoms with Crippen LogP contribution in [0.3, 0.4) is 0 Å². The zero-order chi connectivity index (χ0) is 12.7. The first-order chi connectivity index (χ1) is 8.66. The Labute approximate surface area is 111 Å². The number of halogens is 1. The number of nitrogens with zero attached hydrogens (tertiary/aromatic N) is 4. The molecule has 0 unspecified atom stereocenters. The highest BCUT2D eigenvalue weighted by molar-refractivity contribution is 6.29. The molecule has 0 aliphatic carbocycles. The zero-order valence-corrected chi connectivity index (χ0v) is 11.0. The van der Waals surface area contributed by atoms with Crippen molar-refractivity contribution in [2.24, 2.45) is 0 Å². The molecule has 2 atom stereocenters. The van der Waals surface area contributed by atoms with Gasteiger partial charge in [0.15, 0.2) is 11.0 Å². The van der Waals surface area contributed by atoms with Crippen molar-refractivity contribution >= 4 is 23.3 Å². The highest BCUT2D eigenvalue weighted by Crippen LogP contribution is 2.34. The molecule has 2 aliphatic rings. The summed E-state index contributed by atoms with van der Waals surface area (Å²) in [5, 5.41) is 8.42. The number of amides is 1. The summed E-state index contributed by atoms with van der Waals surface area (Å²) in [7, 11) is 0. The normalized spacial score (nSPS) is 26.6. The Balaban J connectivity index is 1.81. The average Bonchev–Trinajstić information content (AvgIpc) is 2.90. The standard InChI is InChI=1S/C12H15ClN4O/c1-8(18)16-6-4-10-9(16)5-7-17(10)12-3-2-11(13)14-15-12/h2-3,9-10H,4-7H2,1H3/t9-,10-/m0/s1. The maximum atomic E-state index is 11.5. The van der Waals surface area contributed by atoms with Crippen molar-refractivity contribution in [3.63, 3.8) is 0 Å². The summed E-state index contributed by atoms with van der Waals surface area (Å²) >= 11 is 5.75. The first-order valence-electron chi connectivity index (χ1n) is 6.20. The van der Waals surface area contributed by atoms with E-state index in [9.17, 15) is 4.79 Å². The topological polar surface area (TPSA) is 49.3 Å². The molecule has 96 valence electrons. The van der Waals surface area contributed by atoms with Crippen molar-refractivity contribution in [3.8, 4) is 0 Å². The lowest BCUT2D eigenvalue weighted by atomic mass is 10.1. The van der Waals surface area contributed by atoms with Crippen molar-refractivity contribution in [2.45, 2.75) is 31.8 Å². The van der Waals surface area contributed by atoms with E-state index >= 15 is 0 Å². The molecule has 2 aliphatic heterocycles. The van der Waals surface area contributed by atoms with Crippen LogP contribution in [0.2, 0.25) is 5.15 Å². The summed E-state index contributed by atoms with van der Waals surface area (Å²) < 4.78 is 0. The molecule has 0 bridgehead atoms. The van der Waals surface area contributed by atoms with E-state index in [-0.39, 0.29) is 5.91 Å². The molecule has 0 aromatic carbocycles. The first kappa shape index (κ1) is 11.7. The van der Waals surface area contributed by atoms with Gasteiger partial charge in [-0.2, -0.15) is 0 Å². The highest BCUT2D eigenvalue weighted by Gasteiger charge is 2.43. The number of hydrogen-bond acceptors (Lipinski definition) is 4. The molecular weight excluding hydrogens is 252 g/mol. The molecule has 5 nitrogen and oxygen atoms in total. The molecule has 0 N–H and O–H groups in total. The van der Waals surface area contributed by atoms with E-state index in [1.807, 2.05) is 11.0 Å². The van der Waals surface area contributed by atoms with E-state index in [1.54, 1.807) is 13.0 Å². The van der Waals surface area contributed by atoms with Crippen molar-refractivity contribution in [2.75, 3.05) is 18.0 Å². The third-order valence-electron chi connectivity index (χ3n) is 3.89. The fourth-order valence-electron chi connectivity index (χ4n) is 3.12. The van der Waals surface area contributed by atoms with E-state index in [0.29, 0.717) is 17.2 Å². The molecule has 2 fully saturated rings. The van der Waals surface area contributed by atoms with E-state index in [4.69, 9.17) is 11.6 Å². The molecule has 6 heteroatoms. The van der Waals surface area contributed by atoms with Crippen LogP contribution in [-0.2, 0) is 4.79 Å². The van der Waals surface area contributed by atoms with Crippen LogP contribution in [0.4, 0.5) is 5.82 Å². The minimum Gasteiger partial charge on any atom is -0.350 e. The minimum absolute atomic E-state index is 0.173. The van der Waals surface area contributed by atoms with Crippen LogP contribution < -0.4 is 4.90 Å². The molecule has 18 heavy (non-hydrogen) atoms. The Morgan fingerprint density at radius 3 is 2.72 bits per heavy atom. The van der Waals surface area contributed by atoms with Gasteiger partial charge < -0.3 is 9.80 Å². The van der Waals surface area contributed by atoms with Crippen molar-refractivity contribution < 1.29 is 4.79 Å². The molecule has 1 aromatic heterocycles. The predicted molar refractivity (Wildman–Crippen MR) is 68.6 cm³/mol. The molecule has 0 spiro atoms. The van der Waals surface area contributed by atoms with Gasteiger partial charge >= 0.3 is 0 Å². The lowest BCUT2D eigenvalue weighted by Crippen LogP contribution is -2.38. The molecule has 3 rings (SSSR count).